The molecule has 0 unspecified atom stereocenters. The lowest BCUT2D eigenvalue weighted by Crippen LogP contribution is -2.20. The molecule has 154 valence electrons. The van der Waals surface area contributed by atoms with E-state index in [1.807, 2.05) is 47.9 Å². The second-order valence-corrected chi connectivity index (χ2v) is 7.23. The van der Waals surface area contributed by atoms with Crippen molar-refractivity contribution in [1.82, 2.24) is 14.1 Å². The number of fused-ring (bicyclic) bond motifs is 2. The molecule has 4 rings (SSSR count). The Kier molecular flexibility index (Phi) is 5.61. The van der Waals surface area contributed by atoms with E-state index in [2.05, 4.69) is 22.1 Å². The predicted octanol–water partition coefficient (Wildman–Crippen LogP) is 5.68. The average Bonchev–Trinajstić information content (AvgIpc) is 3.03. The van der Waals surface area contributed by atoms with Gasteiger partial charge in [-0.25, -0.2) is 4.98 Å². The van der Waals surface area contributed by atoms with Gasteiger partial charge in [0.2, 0.25) is 5.88 Å². The van der Waals surface area contributed by atoms with Gasteiger partial charge in [0.15, 0.2) is 5.69 Å². The monoisotopic (exact) mass is 403 g/mol. The molecule has 0 atom stereocenters. The Bertz CT molecular complexity index is 1290. The SMILES string of the molecule is CCCCCn1c(O)c(N=Nc2nc3ccccc3c(=O)n2CC)c2ccccc21. The van der Waals surface area contributed by atoms with Crippen molar-refractivity contribution < 1.29 is 5.11 Å². The molecule has 0 aliphatic rings. The zero-order valence-corrected chi connectivity index (χ0v) is 17.2. The van der Waals surface area contributed by atoms with Crippen molar-refractivity contribution >= 4 is 33.4 Å². The molecule has 7 heteroatoms. The average molecular weight is 403 g/mol. The summed E-state index contributed by atoms with van der Waals surface area (Å²) in [5.41, 5.74) is 1.74. The first-order chi connectivity index (χ1) is 14.7. The largest absolute Gasteiger partial charge is 0.493 e. The van der Waals surface area contributed by atoms with Gasteiger partial charge in [0.25, 0.3) is 11.5 Å². The lowest BCUT2D eigenvalue weighted by atomic mass is 10.2. The minimum absolute atomic E-state index is 0.0854. The summed E-state index contributed by atoms with van der Waals surface area (Å²) in [5, 5.41) is 20.9. The smallest absolute Gasteiger partial charge is 0.262 e. The lowest BCUT2D eigenvalue weighted by Gasteiger charge is -2.07. The number of unbranched alkanes of at least 4 members (excludes halogenated alkanes) is 2. The van der Waals surface area contributed by atoms with Crippen molar-refractivity contribution in [1.29, 1.82) is 0 Å². The molecule has 2 aromatic carbocycles. The van der Waals surface area contributed by atoms with E-state index in [1.165, 1.54) is 4.57 Å². The summed E-state index contributed by atoms with van der Waals surface area (Å²) >= 11 is 0. The standard InChI is InChI=1S/C23H25N5O2/c1-3-5-10-15-28-19-14-9-7-12-17(19)20(22(28)30)25-26-23-24-18-13-8-6-11-16(18)21(29)27(23)4-2/h6-9,11-14,30H,3-5,10,15H2,1-2H3. The topological polar surface area (TPSA) is 84.8 Å². The van der Waals surface area contributed by atoms with Crippen LogP contribution in [0.3, 0.4) is 0 Å². The molecule has 0 saturated carbocycles. The quantitative estimate of drug-likeness (QED) is 0.318. The van der Waals surface area contributed by atoms with Crippen LogP contribution in [0, 0.1) is 0 Å². The van der Waals surface area contributed by atoms with Crippen molar-refractivity contribution in [2.24, 2.45) is 10.2 Å². The molecular weight excluding hydrogens is 378 g/mol. The molecular formula is C23H25N5O2. The van der Waals surface area contributed by atoms with E-state index in [0.29, 0.717) is 29.7 Å². The van der Waals surface area contributed by atoms with E-state index in [0.717, 1.165) is 30.2 Å². The molecule has 4 aromatic rings. The summed E-state index contributed by atoms with van der Waals surface area (Å²) in [7, 11) is 0. The minimum Gasteiger partial charge on any atom is -0.493 e. The fourth-order valence-corrected chi connectivity index (χ4v) is 3.73. The van der Waals surface area contributed by atoms with Crippen LogP contribution in [0.2, 0.25) is 0 Å². The fourth-order valence-electron chi connectivity index (χ4n) is 3.73. The van der Waals surface area contributed by atoms with E-state index < -0.39 is 0 Å². The highest BCUT2D eigenvalue weighted by atomic mass is 16.3. The van der Waals surface area contributed by atoms with Crippen LogP contribution in [0.25, 0.3) is 21.8 Å². The van der Waals surface area contributed by atoms with Crippen molar-refractivity contribution in [2.75, 3.05) is 0 Å². The lowest BCUT2D eigenvalue weighted by molar-refractivity contribution is 0.417. The van der Waals surface area contributed by atoms with E-state index in [9.17, 15) is 9.90 Å². The summed E-state index contributed by atoms with van der Waals surface area (Å²) < 4.78 is 3.36. The first-order valence-electron chi connectivity index (χ1n) is 10.4. The molecule has 0 bridgehead atoms. The number of rotatable bonds is 7. The molecule has 1 N–H and O–H groups in total. The number of para-hydroxylation sites is 2. The summed E-state index contributed by atoms with van der Waals surface area (Å²) in [5.74, 6) is 0.311. The highest BCUT2D eigenvalue weighted by molar-refractivity contribution is 5.95. The first-order valence-corrected chi connectivity index (χ1v) is 10.4. The summed E-state index contributed by atoms with van der Waals surface area (Å²) in [6.07, 6.45) is 3.17. The molecule has 0 aliphatic carbocycles. The third-order valence-corrected chi connectivity index (χ3v) is 5.30. The van der Waals surface area contributed by atoms with Gasteiger partial charge < -0.3 is 9.67 Å². The molecule has 0 amide bonds. The van der Waals surface area contributed by atoms with Crippen LogP contribution in [-0.2, 0) is 13.1 Å². The zero-order valence-electron chi connectivity index (χ0n) is 17.2. The number of aromatic nitrogens is 3. The Labute approximate surface area is 174 Å². The van der Waals surface area contributed by atoms with E-state index in [4.69, 9.17) is 0 Å². The van der Waals surface area contributed by atoms with Gasteiger partial charge >= 0.3 is 0 Å². The van der Waals surface area contributed by atoms with E-state index >= 15 is 0 Å². The molecule has 0 spiro atoms. The number of nitrogens with zero attached hydrogens (tertiary/aromatic N) is 5. The summed E-state index contributed by atoms with van der Waals surface area (Å²) in [4.78, 5) is 17.3. The molecule has 0 radical (unpaired) electrons. The van der Waals surface area contributed by atoms with Gasteiger partial charge in [0.1, 0.15) is 0 Å². The van der Waals surface area contributed by atoms with Gasteiger partial charge in [-0.2, -0.15) is 0 Å². The van der Waals surface area contributed by atoms with Crippen LogP contribution in [0.15, 0.2) is 63.6 Å². The van der Waals surface area contributed by atoms with Crippen molar-refractivity contribution in [2.45, 2.75) is 46.2 Å². The van der Waals surface area contributed by atoms with Crippen LogP contribution in [0.5, 0.6) is 5.88 Å². The summed E-state index contributed by atoms with van der Waals surface area (Å²) in [6.45, 7) is 5.16. The zero-order chi connectivity index (χ0) is 21.1. The van der Waals surface area contributed by atoms with E-state index in [-0.39, 0.29) is 17.4 Å². The maximum Gasteiger partial charge on any atom is 0.262 e. The van der Waals surface area contributed by atoms with Crippen LogP contribution in [0.4, 0.5) is 11.6 Å². The number of benzene rings is 2. The maximum atomic E-state index is 12.8. The molecule has 2 aromatic heterocycles. The molecule has 30 heavy (non-hydrogen) atoms. The number of aromatic hydroxyl groups is 1. The Hall–Kier alpha value is -3.48. The van der Waals surface area contributed by atoms with Crippen LogP contribution >= 0.6 is 0 Å². The Morgan fingerprint density at radius 3 is 2.43 bits per heavy atom. The molecule has 0 aliphatic heterocycles. The van der Waals surface area contributed by atoms with Crippen LogP contribution in [-0.4, -0.2) is 19.2 Å². The number of azo groups is 1. The van der Waals surface area contributed by atoms with Gasteiger partial charge in [-0.1, -0.05) is 50.1 Å². The highest BCUT2D eigenvalue weighted by Crippen LogP contribution is 2.39. The highest BCUT2D eigenvalue weighted by Gasteiger charge is 2.17. The van der Waals surface area contributed by atoms with Gasteiger partial charge in [-0.15, -0.1) is 10.2 Å². The third-order valence-electron chi connectivity index (χ3n) is 5.30. The molecule has 0 saturated heterocycles. The van der Waals surface area contributed by atoms with Gasteiger partial charge in [0, 0.05) is 18.5 Å². The molecule has 0 fully saturated rings. The Morgan fingerprint density at radius 1 is 0.933 bits per heavy atom. The van der Waals surface area contributed by atoms with Crippen molar-refractivity contribution in [3.05, 3.63) is 58.9 Å². The molecule has 7 nitrogen and oxygen atoms in total. The maximum absolute atomic E-state index is 12.8. The summed E-state index contributed by atoms with van der Waals surface area (Å²) in [6, 6.07) is 14.9. The van der Waals surface area contributed by atoms with Crippen molar-refractivity contribution in [3.63, 3.8) is 0 Å². The van der Waals surface area contributed by atoms with E-state index in [1.54, 1.807) is 12.1 Å². The van der Waals surface area contributed by atoms with Gasteiger partial charge in [-0.3, -0.25) is 9.36 Å². The predicted molar refractivity (Wildman–Crippen MR) is 119 cm³/mol. The number of aryl methyl sites for hydroxylation is 1. The van der Waals surface area contributed by atoms with Crippen LogP contribution in [0.1, 0.15) is 33.1 Å². The number of hydrogen-bond acceptors (Lipinski definition) is 5. The normalized spacial score (nSPS) is 11.8. The third kappa shape index (κ3) is 3.47. The number of hydrogen-bond donors (Lipinski definition) is 1. The molecule has 2 heterocycles. The van der Waals surface area contributed by atoms with Crippen LogP contribution < -0.4 is 5.56 Å². The Morgan fingerprint density at radius 2 is 1.67 bits per heavy atom. The fraction of sp³-hybridized carbons (Fsp3) is 0.304. The minimum atomic E-state index is -0.150. The first kappa shape index (κ1) is 19.8. The Balaban J connectivity index is 1.82. The second kappa shape index (κ2) is 8.49. The van der Waals surface area contributed by atoms with Gasteiger partial charge in [0.05, 0.1) is 16.4 Å². The van der Waals surface area contributed by atoms with Gasteiger partial charge in [-0.05, 0) is 31.5 Å². The van der Waals surface area contributed by atoms with Crippen molar-refractivity contribution in [3.8, 4) is 5.88 Å². The second-order valence-electron chi connectivity index (χ2n) is 7.23.